The number of carbonyl (C=O) groups is 1. The predicted molar refractivity (Wildman–Crippen MR) is 118 cm³/mol. The Labute approximate surface area is 185 Å². The smallest absolute Gasteiger partial charge is 0.256 e. The molecule has 8 nitrogen and oxygen atoms in total. The van der Waals surface area contributed by atoms with Crippen molar-refractivity contribution >= 4 is 5.91 Å². The summed E-state index contributed by atoms with van der Waals surface area (Å²) in [5.41, 5.74) is 5.40. The molecule has 0 aliphatic carbocycles. The number of nitrogens with zero attached hydrogens (tertiary/aromatic N) is 6. The summed E-state index contributed by atoms with van der Waals surface area (Å²) in [7, 11) is 0. The highest BCUT2D eigenvalue weighted by Gasteiger charge is 2.35. The van der Waals surface area contributed by atoms with E-state index in [1.165, 1.54) is 4.80 Å². The zero-order chi connectivity index (χ0) is 22.2. The molecule has 2 aromatic carbocycles. The first-order valence-corrected chi connectivity index (χ1v) is 10.7. The molecule has 1 aliphatic rings. The van der Waals surface area contributed by atoms with E-state index >= 15 is 0 Å². The minimum atomic E-state index is -0.256. The average molecular weight is 428 g/mol. The summed E-state index contributed by atoms with van der Waals surface area (Å²) in [6.45, 7) is 6.68. The Morgan fingerprint density at radius 3 is 2.50 bits per heavy atom. The minimum absolute atomic E-state index is 0.0883. The summed E-state index contributed by atoms with van der Waals surface area (Å²) in [4.78, 5) is 21.6. The van der Waals surface area contributed by atoms with Crippen LogP contribution in [0.25, 0.3) is 17.1 Å². The van der Waals surface area contributed by atoms with Gasteiger partial charge in [0.15, 0.2) is 0 Å². The van der Waals surface area contributed by atoms with E-state index in [4.69, 9.17) is 4.52 Å². The summed E-state index contributed by atoms with van der Waals surface area (Å²) < 4.78 is 5.64. The van der Waals surface area contributed by atoms with Gasteiger partial charge in [-0.1, -0.05) is 34.0 Å². The largest absolute Gasteiger partial charge is 0.337 e. The van der Waals surface area contributed by atoms with Gasteiger partial charge < -0.3 is 9.42 Å². The van der Waals surface area contributed by atoms with Crippen LogP contribution in [0.5, 0.6) is 0 Å². The van der Waals surface area contributed by atoms with Crippen LogP contribution in [0.2, 0.25) is 0 Å². The number of hydrogen-bond acceptors (Lipinski definition) is 6. The molecule has 8 heteroatoms. The Kier molecular flexibility index (Phi) is 5.05. The van der Waals surface area contributed by atoms with E-state index in [0.29, 0.717) is 29.5 Å². The Morgan fingerprint density at radius 2 is 1.75 bits per heavy atom. The summed E-state index contributed by atoms with van der Waals surface area (Å²) >= 11 is 0. The number of aromatic nitrogens is 5. The van der Waals surface area contributed by atoms with Gasteiger partial charge >= 0.3 is 0 Å². The first kappa shape index (κ1) is 20.1. The number of aryl methyl sites for hydroxylation is 3. The van der Waals surface area contributed by atoms with Crippen LogP contribution in [0, 0.1) is 20.8 Å². The van der Waals surface area contributed by atoms with Crippen LogP contribution in [0.15, 0.2) is 53.3 Å². The monoisotopic (exact) mass is 428 g/mol. The third-order valence-corrected chi connectivity index (χ3v) is 5.74. The van der Waals surface area contributed by atoms with Crippen LogP contribution < -0.4 is 0 Å². The number of benzene rings is 2. The van der Waals surface area contributed by atoms with E-state index in [1.807, 2.05) is 56.0 Å². The van der Waals surface area contributed by atoms with Crippen molar-refractivity contribution in [1.29, 1.82) is 0 Å². The number of hydrogen-bond donors (Lipinski definition) is 0. The lowest BCUT2D eigenvalue weighted by atomic mass is 10.1. The molecule has 1 saturated heterocycles. The molecule has 0 bridgehead atoms. The fraction of sp³-hybridized carbons (Fsp3) is 0.292. The van der Waals surface area contributed by atoms with Crippen LogP contribution in [-0.4, -0.2) is 42.5 Å². The van der Waals surface area contributed by atoms with Gasteiger partial charge in [0.05, 0.1) is 23.6 Å². The molecule has 0 N–H and O–H groups in total. The number of likely N-dealkylation sites (tertiary alicyclic amines) is 1. The molecule has 1 atom stereocenters. The molecule has 1 aliphatic heterocycles. The SMILES string of the molecule is Cc1cc(C)cc(-c2noc([C@@H]3CCCN3C(=O)c3cc(C)ccc3-n3nccn3)n2)c1. The van der Waals surface area contributed by atoms with E-state index in [2.05, 4.69) is 26.4 Å². The number of rotatable bonds is 4. The molecule has 4 aromatic rings. The third-order valence-electron chi connectivity index (χ3n) is 5.74. The molecule has 1 fully saturated rings. The molecule has 0 radical (unpaired) electrons. The first-order chi connectivity index (χ1) is 15.5. The molecule has 32 heavy (non-hydrogen) atoms. The van der Waals surface area contributed by atoms with Crippen molar-refractivity contribution in [3.8, 4) is 17.1 Å². The Balaban J connectivity index is 1.47. The number of carbonyl (C=O) groups excluding carboxylic acids is 1. The minimum Gasteiger partial charge on any atom is -0.337 e. The topological polar surface area (TPSA) is 89.9 Å². The normalized spacial score (nSPS) is 16.0. The lowest BCUT2D eigenvalue weighted by molar-refractivity contribution is 0.0709. The predicted octanol–water partition coefficient (Wildman–Crippen LogP) is 4.22. The van der Waals surface area contributed by atoms with Gasteiger partial charge in [0, 0.05) is 12.1 Å². The van der Waals surface area contributed by atoms with Gasteiger partial charge in [-0.05, 0) is 57.9 Å². The fourth-order valence-corrected chi connectivity index (χ4v) is 4.35. The molecule has 2 aromatic heterocycles. The summed E-state index contributed by atoms with van der Waals surface area (Å²) in [6, 6.07) is 11.6. The van der Waals surface area contributed by atoms with Crippen LogP contribution in [0.4, 0.5) is 0 Å². The Bertz CT molecular complexity index is 1260. The van der Waals surface area contributed by atoms with Crippen molar-refractivity contribution in [2.24, 2.45) is 0 Å². The van der Waals surface area contributed by atoms with Gasteiger partial charge in [-0.3, -0.25) is 4.79 Å². The van der Waals surface area contributed by atoms with Crippen molar-refractivity contribution in [3.05, 3.63) is 76.9 Å². The average Bonchev–Trinajstić information content (AvgIpc) is 3.53. The molecule has 0 unspecified atom stereocenters. The van der Waals surface area contributed by atoms with E-state index in [9.17, 15) is 4.79 Å². The van der Waals surface area contributed by atoms with Crippen LogP contribution >= 0.6 is 0 Å². The standard InChI is InChI=1S/C24H24N6O2/c1-15-6-7-20(30-25-8-9-26-30)19(14-15)24(31)29-10-4-5-21(29)23-27-22(28-32-23)18-12-16(2)11-17(3)13-18/h6-9,11-14,21H,4-5,10H2,1-3H3/t21-/m0/s1. The van der Waals surface area contributed by atoms with Crippen molar-refractivity contribution in [2.75, 3.05) is 6.54 Å². The molecule has 3 heterocycles. The van der Waals surface area contributed by atoms with Gasteiger partial charge in [-0.25, -0.2) is 0 Å². The molecule has 1 amide bonds. The fourth-order valence-electron chi connectivity index (χ4n) is 4.35. The highest BCUT2D eigenvalue weighted by molar-refractivity contribution is 5.98. The number of amides is 1. The first-order valence-electron chi connectivity index (χ1n) is 10.7. The molecule has 5 rings (SSSR count). The van der Waals surface area contributed by atoms with E-state index in [0.717, 1.165) is 35.1 Å². The third kappa shape index (κ3) is 3.68. The zero-order valence-electron chi connectivity index (χ0n) is 18.3. The van der Waals surface area contributed by atoms with E-state index in [1.54, 1.807) is 12.4 Å². The van der Waals surface area contributed by atoms with Crippen molar-refractivity contribution in [1.82, 2.24) is 30.0 Å². The van der Waals surface area contributed by atoms with Gasteiger partial charge in [-0.15, -0.1) is 0 Å². The maximum Gasteiger partial charge on any atom is 0.256 e. The van der Waals surface area contributed by atoms with Crippen molar-refractivity contribution in [2.45, 2.75) is 39.7 Å². The second-order valence-electron chi connectivity index (χ2n) is 8.33. The molecule has 0 spiro atoms. The second-order valence-corrected chi connectivity index (χ2v) is 8.33. The van der Waals surface area contributed by atoms with Crippen LogP contribution in [0.3, 0.4) is 0 Å². The summed E-state index contributed by atoms with van der Waals surface area (Å²) in [5, 5.41) is 12.6. The maximum absolute atomic E-state index is 13.6. The van der Waals surface area contributed by atoms with Gasteiger partial charge in [-0.2, -0.15) is 20.0 Å². The van der Waals surface area contributed by atoms with Crippen LogP contribution in [0.1, 0.15) is 51.8 Å². The highest BCUT2D eigenvalue weighted by atomic mass is 16.5. The van der Waals surface area contributed by atoms with Gasteiger partial charge in [0.25, 0.3) is 5.91 Å². The quantitative estimate of drug-likeness (QED) is 0.483. The summed E-state index contributed by atoms with van der Waals surface area (Å²) in [5.74, 6) is 0.925. The van der Waals surface area contributed by atoms with Crippen molar-refractivity contribution < 1.29 is 9.32 Å². The second kappa shape index (κ2) is 8.03. The molecule has 162 valence electrons. The Hall–Kier alpha value is -3.81. The molecular formula is C24H24N6O2. The zero-order valence-corrected chi connectivity index (χ0v) is 18.3. The van der Waals surface area contributed by atoms with Crippen molar-refractivity contribution in [3.63, 3.8) is 0 Å². The lowest BCUT2D eigenvalue weighted by Gasteiger charge is -2.23. The van der Waals surface area contributed by atoms with Gasteiger partial charge in [0.1, 0.15) is 6.04 Å². The van der Waals surface area contributed by atoms with E-state index < -0.39 is 0 Å². The highest BCUT2D eigenvalue weighted by Crippen LogP contribution is 2.34. The van der Waals surface area contributed by atoms with Crippen LogP contribution in [-0.2, 0) is 0 Å². The molecule has 0 saturated carbocycles. The van der Waals surface area contributed by atoms with Gasteiger partial charge in [0.2, 0.25) is 11.7 Å². The lowest BCUT2D eigenvalue weighted by Crippen LogP contribution is -2.31. The Morgan fingerprint density at radius 1 is 1.00 bits per heavy atom. The van der Waals surface area contributed by atoms with E-state index in [-0.39, 0.29) is 11.9 Å². The maximum atomic E-state index is 13.6. The molecular weight excluding hydrogens is 404 g/mol. The summed E-state index contributed by atoms with van der Waals surface area (Å²) in [6.07, 6.45) is 4.85.